The van der Waals surface area contributed by atoms with Gasteiger partial charge < -0.3 is 14.6 Å². The van der Waals surface area contributed by atoms with Crippen LogP contribution in [0.4, 0.5) is 0 Å². The molecule has 0 amide bonds. The fourth-order valence-electron chi connectivity index (χ4n) is 3.54. The molecule has 4 heteroatoms. The summed E-state index contributed by atoms with van der Waals surface area (Å²) < 4.78 is 12.0. The van der Waals surface area contributed by atoms with Gasteiger partial charge in [-0.15, -0.1) is 0 Å². The van der Waals surface area contributed by atoms with Crippen LogP contribution < -0.4 is 4.74 Å². The molecule has 1 spiro atoms. The van der Waals surface area contributed by atoms with E-state index in [1.54, 1.807) is 6.07 Å². The lowest BCUT2D eigenvalue weighted by molar-refractivity contribution is -0.136. The van der Waals surface area contributed by atoms with Crippen molar-refractivity contribution in [2.24, 2.45) is 0 Å². The van der Waals surface area contributed by atoms with E-state index < -0.39 is 5.97 Å². The third kappa shape index (κ3) is 3.38. The lowest BCUT2D eigenvalue weighted by Crippen LogP contribution is -2.27. The summed E-state index contributed by atoms with van der Waals surface area (Å²) in [6.07, 6.45) is 7.22. The standard InChI is InChI=1S/C17H22O4/c18-16(19)11-13-5-1-2-6-15(13)20-12-14-7-10-17(21-14)8-3-4-9-17/h1-2,5-6,14H,3-4,7-12H2,(H,18,19). The van der Waals surface area contributed by atoms with Gasteiger partial charge in [0, 0.05) is 5.56 Å². The van der Waals surface area contributed by atoms with Crippen LogP contribution in [0.1, 0.15) is 44.1 Å². The lowest BCUT2D eigenvalue weighted by Gasteiger charge is -2.24. The highest BCUT2D eigenvalue weighted by Crippen LogP contribution is 2.43. The topological polar surface area (TPSA) is 55.8 Å². The zero-order chi connectivity index (χ0) is 14.7. The molecule has 2 fully saturated rings. The average molecular weight is 290 g/mol. The van der Waals surface area contributed by atoms with Gasteiger partial charge in [0.2, 0.25) is 0 Å². The normalized spacial score (nSPS) is 23.5. The van der Waals surface area contributed by atoms with Crippen molar-refractivity contribution in [2.75, 3.05) is 6.61 Å². The molecule has 0 bridgehead atoms. The van der Waals surface area contributed by atoms with Gasteiger partial charge in [0.15, 0.2) is 0 Å². The SMILES string of the molecule is O=C(O)Cc1ccccc1OCC1CCC2(CCCC2)O1. The first-order valence-electron chi connectivity index (χ1n) is 7.77. The van der Waals surface area contributed by atoms with Crippen molar-refractivity contribution in [3.63, 3.8) is 0 Å². The number of aliphatic carboxylic acids is 1. The van der Waals surface area contributed by atoms with Crippen LogP contribution >= 0.6 is 0 Å². The Hall–Kier alpha value is -1.55. The van der Waals surface area contributed by atoms with Gasteiger partial charge in [0.25, 0.3) is 0 Å². The molecule has 1 aromatic carbocycles. The molecule has 1 aliphatic carbocycles. The Kier molecular flexibility index (Phi) is 4.15. The fourth-order valence-corrected chi connectivity index (χ4v) is 3.54. The van der Waals surface area contributed by atoms with Crippen LogP contribution in [-0.2, 0) is 16.0 Å². The lowest BCUT2D eigenvalue weighted by atomic mass is 9.98. The van der Waals surface area contributed by atoms with Crippen molar-refractivity contribution in [2.45, 2.75) is 56.7 Å². The molecule has 3 rings (SSSR count). The van der Waals surface area contributed by atoms with Crippen LogP contribution in [0.2, 0.25) is 0 Å². The minimum atomic E-state index is -0.840. The van der Waals surface area contributed by atoms with E-state index in [2.05, 4.69) is 0 Å². The highest BCUT2D eigenvalue weighted by Gasteiger charge is 2.42. The monoisotopic (exact) mass is 290 g/mol. The Morgan fingerprint density at radius 2 is 2.05 bits per heavy atom. The van der Waals surface area contributed by atoms with Crippen LogP contribution in [0, 0.1) is 0 Å². The minimum absolute atomic E-state index is 0.00830. The summed E-state index contributed by atoms with van der Waals surface area (Å²) in [6.45, 7) is 0.512. The van der Waals surface area contributed by atoms with Gasteiger partial charge in [0.05, 0.1) is 18.1 Å². The van der Waals surface area contributed by atoms with Crippen molar-refractivity contribution in [1.82, 2.24) is 0 Å². The number of hydrogen-bond acceptors (Lipinski definition) is 3. The first-order valence-corrected chi connectivity index (χ1v) is 7.77. The number of para-hydroxylation sites is 1. The quantitative estimate of drug-likeness (QED) is 0.905. The number of carboxylic acid groups (broad SMARTS) is 1. The summed E-state index contributed by atoms with van der Waals surface area (Å²) in [7, 11) is 0. The first-order chi connectivity index (χ1) is 10.2. The van der Waals surface area contributed by atoms with Crippen LogP contribution in [0.15, 0.2) is 24.3 Å². The highest BCUT2D eigenvalue weighted by atomic mass is 16.6. The highest BCUT2D eigenvalue weighted by molar-refractivity contribution is 5.71. The van der Waals surface area contributed by atoms with E-state index in [1.165, 1.54) is 25.7 Å². The number of rotatable bonds is 5. The molecule has 1 saturated carbocycles. The second-order valence-electron chi connectivity index (χ2n) is 6.16. The molecule has 1 heterocycles. The molecule has 1 aliphatic heterocycles. The summed E-state index contributed by atoms with van der Waals surface area (Å²) in [5, 5.41) is 8.93. The maximum Gasteiger partial charge on any atom is 0.307 e. The predicted octanol–water partition coefficient (Wildman–Crippen LogP) is 3.18. The number of carbonyl (C=O) groups is 1. The van der Waals surface area contributed by atoms with Crippen molar-refractivity contribution < 1.29 is 19.4 Å². The van der Waals surface area contributed by atoms with Crippen LogP contribution in [0.3, 0.4) is 0 Å². The largest absolute Gasteiger partial charge is 0.491 e. The molecule has 1 aromatic rings. The van der Waals surface area contributed by atoms with Crippen LogP contribution in [0.25, 0.3) is 0 Å². The summed E-state index contributed by atoms with van der Waals surface area (Å²) in [5.41, 5.74) is 0.841. The maximum absolute atomic E-state index is 10.9. The van der Waals surface area contributed by atoms with E-state index in [-0.39, 0.29) is 18.1 Å². The van der Waals surface area contributed by atoms with E-state index in [0.29, 0.717) is 12.4 Å². The average Bonchev–Trinajstić information content (AvgIpc) is 3.08. The van der Waals surface area contributed by atoms with Gasteiger partial charge in [0.1, 0.15) is 12.4 Å². The van der Waals surface area contributed by atoms with Crippen molar-refractivity contribution in [3.8, 4) is 5.75 Å². The number of benzene rings is 1. The minimum Gasteiger partial charge on any atom is -0.491 e. The van der Waals surface area contributed by atoms with Gasteiger partial charge in [-0.1, -0.05) is 31.0 Å². The molecule has 114 valence electrons. The van der Waals surface area contributed by atoms with Crippen molar-refractivity contribution in [1.29, 1.82) is 0 Å². The van der Waals surface area contributed by atoms with Crippen LogP contribution in [0.5, 0.6) is 5.75 Å². The zero-order valence-corrected chi connectivity index (χ0v) is 12.2. The fraction of sp³-hybridized carbons (Fsp3) is 0.588. The third-order valence-electron chi connectivity index (χ3n) is 4.59. The Morgan fingerprint density at radius 3 is 2.81 bits per heavy atom. The summed E-state index contributed by atoms with van der Waals surface area (Å²) in [6, 6.07) is 7.34. The maximum atomic E-state index is 10.9. The summed E-state index contributed by atoms with van der Waals surface area (Å²) >= 11 is 0. The zero-order valence-electron chi connectivity index (χ0n) is 12.2. The molecule has 4 nitrogen and oxygen atoms in total. The second kappa shape index (κ2) is 6.06. The Balaban J connectivity index is 1.57. The van der Waals surface area contributed by atoms with Crippen molar-refractivity contribution >= 4 is 5.97 Å². The number of carboxylic acids is 1. The molecule has 21 heavy (non-hydrogen) atoms. The molecule has 1 N–H and O–H groups in total. The molecule has 2 aliphatic rings. The smallest absolute Gasteiger partial charge is 0.307 e. The summed E-state index contributed by atoms with van der Waals surface area (Å²) in [4.78, 5) is 10.9. The predicted molar refractivity (Wildman–Crippen MR) is 78.6 cm³/mol. The molecule has 1 atom stereocenters. The van der Waals surface area contributed by atoms with E-state index in [0.717, 1.165) is 18.4 Å². The summed E-state index contributed by atoms with van der Waals surface area (Å²) in [5.74, 6) is -0.177. The van der Waals surface area contributed by atoms with E-state index in [9.17, 15) is 4.79 Å². The van der Waals surface area contributed by atoms with Crippen LogP contribution in [-0.4, -0.2) is 29.4 Å². The van der Waals surface area contributed by atoms with E-state index in [1.807, 2.05) is 18.2 Å². The third-order valence-corrected chi connectivity index (χ3v) is 4.59. The Bertz CT molecular complexity index is 505. The first kappa shape index (κ1) is 14.4. The van der Waals surface area contributed by atoms with E-state index in [4.69, 9.17) is 14.6 Å². The molecule has 0 aromatic heterocycles. The number of hydrogen-bond donors (Lipinski definition) is 1. The molecular formula is C17H22O4. The van der Waals surface area contributed by atoms with Gasteiger partial charge in [-0.2, -0.15) is 0 Å². The Labute approximate surface area is 125 Å². The molecule has 0 radical (unpaired) electrons. The molecule has 1 saturated heterocycles. The molecule has 1 unspecified atom stereocenters. The van der Waals surface area contributed by atoms with E-state index >= 15 is 0 Å². The molecular weight excluding hydrogens is 268 g/mol. The van der Waals surface area contributed by atoms with Gasteiger partial charge in [-0.05, 0) is 31.7 Å². The van der Waals surface area contributed by atoms with Gasteiger partial charge in [-0.3, -0.25) is 4.79 Å². The second-order valence-corrected chi connectivity index (χ2v) is 6.16. The van der Waals surface area contributed by atoms with Gasteiger partial charge >= 0.3 is 5.97 Å². The van der Waals surface area contributed by atoms with Gasteiger partial charge in [-0.25, -0.2) is 0 Å². The van der Waals surface area contributed by atoms with Crippen molar-refractivity contribution in [3.05, 3.63) is 29.8 Å². The Morgan fingerprint density at radius 1 is 1.29 bits per heavy atom. The number of ether oxygens (including phenoxy) is 2.